The minimum atomic E-state index is -1.47. The summed E-state index contributed by atoms with van der Waals surface area (Å²) in [5.74, 6) is -0.290. The summed E-state index contributed by atoms with van der Waals surface area (Å²) < 4.78 is 0. The predicted molar refractivity (Wildman–Crippen MR) is 87.9 cm³/mol. The van der Waals surface area contributed by atoms with Crippen molar-refractivity contribution in [1.29, 1.82) is 0 Å². The minimum Gasteiger partial charge on any atom is -0.292 e. The molecule has 1 aliphatic rings. The van der Waals surface area contributed by atoms with E-state index in [4.69, 9.17) is 0 Å². The number of hydrogen-bond acceptors (Lipinski definition) is 3. The molecule has 0 amide bonds. The van der Waals surface area contributed by atoms with E-state index in [0.717, 1.165) is 11.1 Å². The molecule has 1 aliphatic carbocycles. The number of nitrogens with zero attached hydrogens (tertiary/aromatic N) is 1. The lowest BCUT2D eigenvalue weighted by atomic mass is 9.61. The predicted octanol–water partition coefficient (Wildman–Crippen LogP) is 3.76. The van der Waals surface area contributed by atoms with Crippen LogP contribution in [0.3, 0.4) is 0 Å². The van der Waals surface area contributed by atoms with Crippen molar-refractivity contribution in [2.45, 2.75) is 37.1 Å². The number of carbonyl (C=O) groups excluding carboxylic acids is 1. The largest absolute Gasteiger partial charge is 0.292 e. The number of rotatable bonds is 3. The van der Waals surface area contributed by atoms with Gasteiger partial charge < -0.3 is 0 Å². The van der Waals surface area contributed by atoms with Gasteiger partial charge in [-0.2, -0.15) is 0 Å². The molecule has 0 aliphatic heterocycles. The molecule has 0 aromatic heterocycles. The van der Waals surface area contributed by atoms with Gasteiger partial charge in [-0.15, -0.1) is 0 Å². The standard InChI is InChI=1S/C19H19NO3/c1-18(20(22)23)12-13-19(14-17(18)21,15-8-4-2-5-9-15)16-10-6-3-7-11-16/h2-11H,12-14H2,1H3. The Morgan fingerprint density at radius 3 is 1.78 bits per heavy atom. The van der Waals surface area contributed by atoms with E-state index in [9.17, 15) is 14.9 Å². The van der Waals surface area contributed by atoms with Crippen molar-refractivity contribution in [3.8, 4) is 0 Å². The second-order valence-electron chi connectivity index (χ2n) is 6.45. The van der Waals surface area contributed by atoms with Gasteiger partial charge in [0, 0.05) is 30.1 Å². The fourth-order valence-corrected chi connectivity index (χ4v) is 3.52. The average Bonchev–Trinajstić information content (AvgIpc) is 2.59. The monoisotopic (exact) mass is 309 g/mol. The van der Waals surface area contributed by atoms with E-state index in [2.05, 4.69) is 0 Å². The van der Waals surface area contributed by atoms with Crippen molar-refractivity contribution in [3.63, 3.8) is 0 Å². The fraction of sp³-hybridized carbons (Fsp3) is 0.316. The molecular weight excluding hydrogens is 290 g/mol. The first-order chi connectivity index (χ1) is 11.0. The second kappa shape index (κ2) is 5.61. The number of hydrogen-bond donors (Lipinski definition) is 0. The lowest BCUT2D eigenvalue weighted by Crippen LogP contribution is -2.52. The van der Waals surface area contributed by atoms with Crippen molar-refractivity contribution >= 4 is 5.78 Å². The Hall–Kier alpha value is -2.49. The van der Waals surface area contributed by atoms with E-state index in [1.807, 2.05) is 60.7 Å². The Morgan fingerprint density at radius 1 is 0.913 bits per heavy atom. The van der Waals surface area contributed by atoms with Crippen molar-refractivity contribution in [3.05, 3.63) is 81.9 Å². The van der Waals surface area contributed by atoms with Gasteiger partial charge in [0.15, 0.2) is 0 Å². The van der Waals surface area contributed by atoms with Crippen LogP contribution in [0.1, 0.15) is 37.3 Å². The number of benzene rings is 2. The first-order valence-corrected chi connectivity index (χ1v) is 7.78. The molecular formula is C19H19NO3. The zero-order valence-corrected chi connectivity index (χ0v) is 13.1. The van der Waals surface area contributed by atoms with E-state index in [0.29, 0.717) is 6.42 Å². The second-order valence-corrected chi connectivity index (χ2v) is 6.45. The quantitative estimate of drug-likeness (QED) is 0.640. The zero-order valence-electron chi connectivity index (χ0n) is 13.1. The molecule has 0 radical (unpaired) electrons. The molecule has 1 unspecified atom stereocenters. The van der Waals surface area contributed by atoms with Crippen molar-refractivity contribution in [2.75, 3.05) is 0 Å². The Kier molecular flexibility index (Phi) is 3.76. The van der Waals surface area contributed by atoms with Crippen molar-refractivity contribution in [1.82, 2.24) is 0 Å². The van der Waals surface area contributed by atoms with Crippen LogP contribution in [0, 0.1) is 10.1 Å². The molecule has 0 saturated heterocycles. The highest BCUT2D eigenvalue weighted by molar-refractivity contribution is 5.89. The van der Waals surface area contributed by atoms with Crippen LogP contribution in [-0.4, -0.2) is 16.2 Å². The molecule has 4 nitrogen and oxygen atoms in total. The van der Waals surface area contributed by atoms with Gasteiger partial charge in [-0.05, 0) is 17.5 Å². The minimum absolute atomic E-state index is 0.165. The summed E-state index contributed by atoms with van der Waals surface area (Å²) in [6.45, 7) is 1.45. The summed E-state index contributed by atoms with van der Waals surface area (Å²) in [5, 5.41) is 11.4. The van der Waals surface area contributed by atoms with Crippen LogP contribution in [0.15, 0.2) is 60.7 Å². The smallest absolute Gasteiger partial charge is 0.276 e. The molecule has 1 saturated carbocycles. The van der Waals surface area contributed by atoms with Crippen LogP contribution in [0.4, 0.5) is 0 Å². The maximum absolute atomic E-state index is 12.7. The molecule has 0 bridgehead atoms. The summed E-state index contributed by atoms with van der Waals surface area (Å²) in [6, 6.07) is 19.7. The maximum atomic E-state index is 12.7. The third-order valence-electron chi connectivity index (χ3n) is 5.16. The van der Waals surface area contributed by atoms with E-state index >= 15 is 0 Å². The third kappa shape index (κ3) is 2.44. The average molecular weight is 309 g/mol. The first-order valence-electron chi connectivity index (χ1n) is 7.78. The van der Waals surface area contributed by atoms with E-state index in [1.165, 1.54) is 6.92 Å². The first kappa shape index (κ1) is 15.4. The number of carbonyl (C=O) groups is 1. The molecule has 3 rings (SSSR count). The van der Waals surface area contributed by atoms with E-state index in [-0.39, 0.29) is 18.6 Å². The highest BCUT2D eigenvalue weighted by Crippen LogP contribution is 2.46. The van der Waals surface area contributed by atoms with Crippen LogP contribution in [0.25, 0.3) is 0 Å². The Labute approximate surface area is 135 Å². The zero-order chi connectivity index (χ0) is 16.5. The Bertz CT molecular complexity index is 687. The SMILES string of the molecule is CC1([N+](=O)[O-])CCC(c2ccccc2)(c2ccccc2)CC1=O. The van der Waals surface area contributed by atoms with Gasteiger partial charge in [0.05, 0.1) is 0 Å². The Balaban J connectivity index is 2.10. The van der Waals surface area contributed by atoms with Crippen molar-refractivity contribution in [2.24, 2.45) is 0 Å². The normalized spacial score (nSPS) is 23.4. The van der Waals surface area contributed by atoms with Gasteiger partial charge in [-0.3, -0.25) is 14.9 Å². The number of Topliss-reactive ketones (excluding diaryl/α,β-unsaturated/α-hetero) is 1. The number of nitro groups is 1. The number of ketones is 1. The molecule has 0 heterocycles. The Morgan fingerprint density at radius 2 is 1.39 bits per heavy atom. The highest BCUT2D eigenvalue weighted by atomic mass is 16.6. The van der Waals surface area contributed by atoms with Crippen LogP contribution >= 0.6 is 0 Å². The lowest BCUT2D eigenvalue weighted by Gasteiger charge is -2.41. The molecule has 0 spiro atoms. The molecule has 2 aromatic rings. The molecule has 2 aromatic carbocycles. The van der Waals surface area contributed by atoms with Gasteiger partial charge in [0.1, 0.15) is 0 Å². The van der Waals surface area contributed by atoms with Gasteiger partial charge in [-0.1, -0.05) is 60.7 Å². The van der Waals surface area contributed by atoms with Crippen LogP contribution in [0.5, 0.6) is 0 Å². The van der Waals surface area contributed by atoms with Gasteiger partial charge >= 0.3 is 0 Å². The van der Waals surface area contributed by atoms with Crippen molar-refractivity contribution < 1.29 is 9.72 Å². The third-order valence-corrected chi connectivity index (χ3v) is 5.16. The van der Waals surface area contributed by atoms with E-state index < -0.39 is 15.9 Å². The summed E-state index contributed by atoms with van der Waals surface area (Å²) in [6.07, 6.45) is 1.01. The molecule has 118 valence electrons. The molecule has 1 atom stereocenters. The van der Waals surface area contributed by atoms with Crippen LogP contribution in [0.2, 0.25) is 0 Å². The lowest BCUT2D eigenvalue weighted by molar-refractivity contribution is -0.550. The van der Waals surface area contributed by atoms with E-state index in [1.54, 1.807) is 0 Å². The van der Waals surface area contributed by atoms with Gasteiger partial charge in [-0.25, -0.2) is 0 Å². The maximum Gasteiger partial charge on any atom is 0.276 e. The fourth-order valence-electron chi connectivity index (χ4n) is 3.52. The van der Waals surface area contributed by atoms with Gasteiger partial charge in [0.2, 0.25) is 5.78 Å². The molecule has 23 heavy (non-hydrogen) atoms. The molecule has 1 fully saturated rings. The summed E-state index contributed by atoms with van der Waals surface area (Å²) in [7, 11) is 0. The molecule has 4 heteroatoms. The van der Waals surface area contributed by atoms with Gasteiger partial charge in [0.25, 0.3) is 5.54 Å². The molecule has 0 N–H and O–H groups in total. The van der Waals surface area contributed by atoms with Crippen LogP contribution in [-0.2, 0) is 10.2 Å². The summed E-state index contributed by atoms with van der Waals surface area (Å²) in [4.78, 5) is 23.6. The summed E-state index contributed by atoms with van der Waals surface area (Å²) in [5.41, 5.74) is 0.150. The highest BCUT2D eigenvalue weighted by Gasteiger charge is 2.54. The topological polar surface area (TPSA) is 60.2 Å². The summed E-state index contributed by atoms with van der Waals surface area (Å²) >= 11 is 0. The van der Waals surface area contributed by atoms with Crippen LogP contribution < -0.4 is 0 Å².